The summed E-state index contributed by atoms with van der Waals surface area (Å²) in [6.07, 6.45) is 2.00. The second kappa shape index (κ2) is 5.97. The molecule has 1 aromatic carbocycles. The highest BCUT2D eigenvalue weighted by Gasteiger charge is 2.12. The van der Waals surface area contributed by atoms with Gasteiger partial charge in [-0.2, -0.15) is 0 Å². The average molecular weight is 343 g/mol. The van der Waals surface area contributed by atoms with Gasteiger partial charge in [-0.1, -0.05) is 31.5 Å². The van der Waals surface area contributed by atoms with Gasteiger partial charge in [0.2, 0.25) is 5.95 Å². The first-order valence-electron chi connectivity index (χ1n) is 6.23. The van der Waals surface area contributed by atoms with Crippen molar-refractivity contribution in [2.75, 3.05) is 11.9 Å². The normalized spacial score (nSPS) is 11.1. The van der Waals surface area contributed by atoms with Crippen LogP contribution in [0, 0.1) is 12.8 Å². The van der Waals surface area contributed by atoms with Gasteiger partial charge in [-0.05, 0) is 40.9 Å². The van der Waals surface area contributed by atoms with E-state index in [0.717, 1.165) is 28.3 Å². The molecule has 5 heteroatoms. The minimum atomic E-state index is 0.563. The zero-order valence-corrected chi connectivity index (χ0v) is 13.6. The van der Waals surface area contributed by atoms with Crippen molar-refractivity contribution in [1.82, 2.24) is 9.55 Å². The van der Waals surface area contributed by atoms with Crippen molar-refractivity contribution in [3.63, 3.8) is 0 Å². The number of halogens is 2. The summed E-state index contributed by atoms with van der Waals surface area (Å²) in [6, 6.07) is 5.81. The first-order valence-corrected chi connectivity index (χ1v) is 7.40. The Morgan fingerprint density at radius 3 is 2.84 bits per heavy atom. The average Bonchev–Trinajstić information content (AvgIpc) is 2.71. The minimum Gasteiger partial charge on any atom is -0.355 e. The summed E-state index contributed by atoms with van der Waals surface area (Å²) in [5.41, 5.74) is 1.96. The van der Waals surface area contributed by atoms with Crippen molar-refractivity contribution in [3.05, 3.63) is 39.6 Å². The molecular formula is C14H17BrClN3. The molecule has 19 heavy (non-hydrogen) atoms. The van der Waals surface area contributed by atoms with Crippen molar-refractivity contribution < 1.29 is 0 Å². The molecule has 102 valence electrons. The fourth-order valence-electron chi connectivity index (χ4n) is 1.78. The van der Waals surface area contributed by atoms with Crippen molar-refractivity contribution in [3.8, 4) is 5.69 Å². The smallest absolute Gasteiger partial charge is 0.207 e. The monoisotopic (exact) mass is 341 g/mol. The van der Waals surface area contributed by atoms with Gasteiger partial charge in [0.05, 0.1) is 20.9 Å². The molecule has 0 atom stereocenters. The summed E-state index contributed by atoms with van der Waals surface area (Å²) in [5, 5.41) is 4.06. The van der Waals surface area contributed by atoms with E-state index in [2.05, 4.69) is 40.1 Å². The van der Waals surface area contributed by atoms with Gasteiger partial charge >= 0.3 is 0 Å². The number of aromatic nitrogens is 2. The molecule has 2 aromatic rings. The fraction of sp³-hybridized carbons (Fsp3) is 0.357. The Morgan fingerprint density at radius 1 is 1.42 bits per heavy atom. The summed E-state index contributed by atoms with van der Waals surface area (Å²) in [5.74, 6) is 1.41. The predicted molar refractivity (Wildman–Crippen MR) is 84.3 cm³/mol. The second-order valence-electron chi connectivity index (χ2n) is 4.92. The first-order chi connectivity index (χ1) is 8.99. The zero-order chi connectivity index (χ0) is 14.0. The molecule has 0 saturated heterocycles. The molecule has 2 rings (SSSR count). The quantitative estimate of drug-likeness (QED) is 0.875. The van der Waals surface area contributed by atoms with Crippen LogP contribution in [-0.2, 0) is 0 Å². The van der Waals surface area contributed by atoms with Crippen LogP contribution in [0.25, 0.3) is 5.69 Å². The highest BCUT2D eigenvalue weighted by molar-refractivity contribution is 9.10. The Bertz CT molecular complexity index is 578. The summed E-state index contributed by atoms with van der Waals surface area (Å²) in [4.78, 5) is 4.52. The topological polar surface area (TPSA) is 29.9 Å². The maximum absolute atomic E-state index is 6.15. The Hall–Kier alpha value is -1.00. The van der Waals surface area contributed by atoms with E-state index in [1.165, 1.54) is 0 Å². The van der Waals surface area contributed by atoms with E-state index >= 15 is 0 Å². The summed E-state index contributed by atoms with van der Waals surface area (Å²) in [7, 11) is 0. The lowest BCUT2D eigenvalue weighted by Gasteiger charge is -2.13. The summed E-state index contributed by atoms with van der Waals surface area (Å²) in [6.45, 7) is 7.20. The van der Waals surface area contributed by atoms with Crippen LogP contribution < -0.4 is 5.32 Å². The number of aryl methyl sites for hydroxylation is 1. The molecule has 0 aliphatic heterocycles. The Labute approximate surface area is 127 Å². The fourth-order valence-corrected chi connectivity index (χ4v) is 2.40. The number of hydrogen-bond donors (Lipinski definition) is 1. The molecule has 0 bridgehead atoms. The van der Waals surface area contributed by atoms with Gasteiger partial charge in [-0.25, -0.2) is 4.98 Å². The third-order valence-electron chi connectivity index (χ3n) is 2.69. The van der Waals surface area contributed by atoms with Crippen LogP contribution in [0.4, 0.5) is 5.95 Å². The van der Waals surface area contributed by atoms with Crippen molar-refractivity contribution >= 4 is 33.5 Å². The van der Waals surface area contributed by atoms with Crippen LogP contribution in [-0.4, -0.2) is 16.1 Å². The molecule has 0 radical (unpaired) electrons. The van der Waals surface area contributed by atoms with Crippen LogP contribution in [0.1, 0.15) is 19.5 Å². The van der Waals surface area contributed by atoms with Crippen molar-refractivity contribution in [2.24, 2.45) is 5.92 Å². The van der Waals surface area contributed by atoms with Crippen LogP contribution in [0.15, 0.2) is 28.9 Å². The zero-order valence-electron chi connectivity index (χ0n) is 11.2. The van der Waals surface area contributed by atoms with Gasteiger partial charge in [0.1, 0.15) is 0 Å². The standard InChI is InChI=1S/C14H17BrClN3/c1-9(2)7-17-14-18-10(3)8-19(14)12-6-4-5-11(16)13(12)15/h4-6,8-9H,7H2,1-3H3,(H,17,18). The maximum Gasteiger partial charge on any atom is 0.207 e. The Morgan fingerprint density at radius 2 is 2.16 bits per heavy atom. The largest absolute Gasteiger partial charge is 0.355 e. The molecule has 0 spiro atoms. The number of rotatable bonds is 4. The third-order valence-corrected chi connectivity index (χ3v) is 4.06. The van der Waals surface area contributed by atoms with Crippen LogP contribution in [0.3, 0.4) is 0 Å². The molecule has 1 heterocycles. The van der Waals surface area contributed by atoms with E-state index in [-0.39, 0.29) is 0 Å². The Kier molecular flexibility index (Phi) is 4.53. The van der Waals surface area contributed by atoms with Gasteiger partial charge in [0, 0.05) is 12.7 Å². The van der Waals surface area contributed by atoms with Crippen LogP contribution in [0.2, 0.25) is 5.02 Å². The number of anilines is 1. The van der Waals surface area contributed by atoms with Gasteiger partial charge in [0.25, 0.3) is 0 Å². The summed E-state index contributed by atoms with van der Waals surface area (Å²) < 4.78 is 2.90. The highest BCUT2D eigenvalue weighted by atomic mass is 79.9. The molecule has 0 amide bonds. The van der Waals surface area contributed by atoms with E-state index in [9.17, 15) is 0 Å². The van der Waals surface area contributed by atoms with E-state index in [1.807, 2.05) is 35.9 Å². The molecule has 0 saturated carbocycles. The SMILES string of the molecule is Cc1cn(-c2cccc(Cl)c2Br)c(NCC(C)C)n1. The van der Waals surface area contributed by atoms with Crippen LogP contribution in [0.5, 0.6) is 0 Å². The van der Waals surface area contributed by atoms with Gasteiger partial charge in [0.15, 0.2) is 0 Å². The number of nitrogens with one attached hydrogen (secondary N) is 1. The lowest BCUT2D eigenvalue weighted by Crippen LogP contribution is -2.12. The minimum absolute atomic E-state index is 0.563. The molecule has 0 fully saturated rings. The lowest BCUT2D eigenvalue weighted by molar-refractivity contribution is 0.683. The van der Waals surface area contributed by atoms with E-state index < -0.39 is 0 Å². The van der Waals surface area contributed by atoms with E-state index in [4.69, 9.17) is 11.6 Å². The van der Waals surface area contributed by atoms with Gasteiger partial charge in [-0.3, -0.25) is 4.57 Å². The predicted octanol–water partition coefficient (Wildman–Crippen LogP) is 4.66. The maximum atomic E-state index is 6.15. The van der Waals surface area contributed by atoms with E-state index in [0.29, 0.717) is 10.9 Å². The van der Waals surface area contributed by atoms with Crippen molar-refractivity contribution in [2.45, 2.75) is 20.8 Å². The highest BCUT2D eigenvalue weighted by Crippen LogP contribution is 2.30. The Balaban J connectivity index is 2.41. The molecule has 3 nitrogen and oxygen atoms in total. The molecule has 0 aliphatic carbocycles. The van der Waals surface area contributed by atoms with E-state index in [1.54, 1.807) is 0 Å². The third kappa shape index (κ3) is 3.31. The van der Waals surface area contributed by atoms with Crippen LogP contribution >= 0.6 is 27.5 Å². The van der Waals surface area contributed by atoms with Gasteiger partial charge in [-0.15, -0.1) is 0 Å². The van der Waals surface area contributed by atoms with Gasteiger partial charge < -0.3 is 5.32 Å². The number of hydrogen-bond acceptors (Lipinski definition) is 2. The molecule has 0 unspecified atom stereocenters. The molecule has 0 aliphatic rings. The van der Waals surface area contributed by atoms with Crippen molar-refractivity contribution in [1.29, 1.82) is 0 Å². The lowest BCUT2D eigenvalue weighted by atomic mass is 10.2. The second-order valence-corrected chi connectivity index (χ2v) is 6.12. The molecular weight excluding hydrogens is 326 g/mol. The summed E-state index contributed by atoms with van der Waals surface area (Å²) >= 11 is 9.68. The number of imidazole rings is 1. The number of benzene rings is 1. The molecule has 1 N–H and O–H groups in total. The number of nitrogens with zero attached hydrogens (tertiary/aromatic N) is 2. The first kappa shape index (κ1) is 14.4. The molecule has 1 aromatic heterocycles.